The van der Waals surface area contributed by atoms with Crippen LogP contribution >= 0.6 is 0 Å². The Kier molecular flexibility index (Phi) is 9.12. The standard InChI is InChI=1S/C25H38O8/c1-16-19(26)8-11-23(30-16)29-15-22-21(32-25-12-9-20(27)17(2)31-25)10-13-24(33-22)28-14-18-6-4-3-5-7-18/h3-7,16-17,19-27H,8-15H2,1-2H3/t16-,17-,19+,20+,21-,22+,23+,24-,25-/m0/s1. The fourth-order valence-corrected chi connectivity index (χ4v) is 4.52. The van der Waals surface area contributed by atoms with Gasteiger partial charge in [-0.3, -0.25) is 0 Å². The van der Waals surface area contributed by atoms with Crippen molar-refractivity contribution in [2.45, 2.75) is 114 Å². The molecule has 9 atom stereocenters. The molecule has 8 nitrogen and oxygen atoms in total. The number of ether oxygens (including phenoxy) is 6. The van der Waals surface area contributed by atoms with Crippen molar-refractivity contribution in [3.8, 4) is 0 Å². The van der Waals surface area contributed by atoms with E-state index >= 15 is 0 Å². The summed E-state index contributed by atoms with van der Waals surface area (Å²) in [7, 11) is 0. The van der Waals surface area contributed by atoms with E-state index in [0.717, 1.165) is 12.0 Å². The largest absolute Gasteiger partial charge is 0.390 e. The predicted molar refractivity (Wildman–Crippen MR) is 119 cm³/mol. The molecular weight excluding hydrogens is 428 g/mol. The van der Waals surface area contributed by atoms with Gasteiger partial charge in [0.2, 0.25) is 0 Å². The molecular formula is C25H38O8. The molecule has 0 aromatic heterocycles. The van der Waals surface area contributed by atoms with Gasteiger partial charge in [-0.15, -0.1) is 0 Å². The SMILES string of the molecule is C[C@@H]1O[C@@H](OC[C@H]2O[C@H](OCc3ccccc3)CC[C@@H]2O[C@H]2CC[C@@H](O)[C@H](C)O2)CC[C@H]1O. The molecule has 1 aromatic rings. The van der Waals surface area contributed by atoms with Gasteiger partial charge in [0.25, 0.3) is 0 Å². The molecule has 0 unspecified atom stereocenters. The third-order valence-corrected chi connectivity index (χ3v) is 6.69. The van der Waals surface area contributed by atoms with Crippen LogP contribution in [0.2, 0.25) is 0 Å². The first kappa shape index (κ1) is 25.0. The number of aliphatic hydroxyl groups is 2. The van der Waals surface area contributed by atoms with Crippen LogP contribution in [0, 0.1) is 0 Å². The summed E-state index contributed by atoms with van der Waals surface area (Å²) in [5.74, 6) is 0. The Labute approximate surface area is 196 Å². The van der Waals surface area contributed by atoms with Crippen LogP contribution in [-0.2, 0) is 35.0 Å². The highest BCUT2D eigenvalue weighted by atomic mass is 16.7. The molecule has 1 aromatic carbocycles. The van der Waals surface area contributed by atoms with E-state index in [1.165, 1.54) is 0 Å². The van der Waals surface area contributed by atoms with Gasteiger partial charge in [-0.1, -0.05) is 30.3 Å². The van der Waals surface area contributed by atoms with Crippen LogP contribution < -0.4 is 0 Å². The van der Waals surface area contributed by atoms with Crippen molar-refractivity contribution in [3.05, 3.63) is 35.9 Å². The lowest BCUT2D eigenvalue weighted by molar-refractivity contribution is -0.301. The Morgan fingerprint density at radius 2 is 1.36 bits per heavy atom. The Balaban J connectivity index is 1.33. The summed E-state index contributed by atoms with van der Waals surface area (Å²) in [6.07, 6.45) is 0.985. The number of aliphatic hydroxyl groups excluding tert-OH is 2. The minimum Gasteiger partial charge on any atom is -0.390 e. The van der Waals surface area contributed by atoms with E-state index in [1.807, 2.05) is 44.2 Å². The molecule has 0 aliphatic carbocycles. The smallest absolute Gasteiger partial charge is 0.158 e. The molecule has 0 radical (unpaired) electrons. The van der Waals surface area contributed by atoms with Crippen LogP contribution in [0.25, 0.3) is 0 Å². The van der Waals surface area contributed by atoms with E-state index in [4.69, 9.17) is 28.4 Å². The van der Waals surface area contributed by atoms with Gasteiger partial charge >= 0.3 is 0 Å². The molecule has 3 saturated heterocycles. The second kappa shape index (κ2) is 12.0. The third kappa shape index (κ3) is 7.19. The molecule has 0 amide bonds. The molecule has 186 valence electrons. The maximum Gasteiger partial charge on any atom is 0.158 e. The molecule has 3 heterocycles. The molecule has 3 aliphatic heterocycles. The van der Waals surface area contributed by atoms with Crippen molar-refractivity contribution in [2.24, 2.45) is 0 Å². The van der Waals surface area contributed by atoms with E-state index in [9.17, 15) is 10.2 Å². The monoisotopic (exact) mass is 466 g/mol. The normalized spacial score (nSPS) is 39.9. The van der Waals surface area contributed by atoms with Gasteiger partial charge < -0.3 is 38.6 Å². The third-order valence-electron chi connectivity index (χ3n) is 6.69. The van der Waals surface area contributed by atoms with E-state index in [2.05, 4.69) is 0 Å². The van der Waals surface area contributed by atoms with Crippen LogP contribution in [-0.4, -0.2) is 72.3 Å². The van der Waals surface area contributed by atoms with Gasteiger partial charge in [-0.05, 0) is 38.7 Å². The van der Waals surface area contributed by atoms with Crippen molar-refractivity contribution in [2.75, 3.05) is 6.61 Å². The zero-order valence-electron chi connectivity index (χ0n) is 19.6. The molecule has 33 heavy (non-hydrogen) atoms. The second-order valence-electron chi connectivity index (χ2n) is 9.32. The van der Waals surface area contributed by atoms with E-state index in [-0.39, 0.29) is 43.3 Å². The number of benzene rings is 1. The maximum atomic E-state index is 9.94. The van der Waals surface area contributed by atoms with Crippen molar-refractivity contribution < 1.29 is 38.6 Å². The summed E-state index contributed by atoms with van der Waals surface area (Å²) in [6, 6.07) is 10.0. The molecule has 2 N–H and O–H groups in total. The molecule has 0 bridgehead atoms. The fourth-order valence-electron chi connectivity index (χ4n) is 4.52. The highest BCUT2D eigenvalue weighted by Gasteiger charge is 2.38. The van der Waals surface area contributed by atoms with Crippen molar-refractivity contribution in [3.63, 3.8) is 0 Å². The summed E-state index contributed by atoms with van der Waals surface area (Å²) in [4.78, 5) is 0. The van der Waals surface area contributed by atoms with Gasteiger partial charge in [0.15, 0.2) is 18.9 Å². The maximum absolute atomic E-state index is 9.94. The highest BCUT2D eigenvalue weighted by molar-refractivity contribution is 5.13. The Hall–Kier alpha value is -1.10. The van der Waals surface area contributed by atoms with Gasteiger partial charge in [0, 0.05) is 19.3 Å². The van der Waals surface area contributed by atoms with Crippen LogP contribution in [0.15, 0.2) is 30.3 Å². The van der Waals surface area contributed by atoms with Gasteiger partial charge in [0.1, 0.15) is 6.10 Å². The molecule has 3 aliphatic rings. The second-order valence-corrected chi connectivity index (χ2v) is 9.32. The predicted octanol–water partition coefficient (Wildman–Crippen LogP) is 2.88. The van der Waals surface area contributed by atoms with Gasteiger partial charge in [0.05, 0.1) is 43.7 Å². The molecule has 0 saturated carbocycles. The summed E-state index contributed by atoms with van der Waals surface area (Å²) in [6.45, 7) is 4.50. The minimum absolute atomic E-state index is 0.208. The highest BCUT2D eigenvalue weighted by Crippen LogP contribution is 2.30. The first-order valence-corrected chi connectivity index (χ1v) is 12.2. The number of hydrogen-bond donors (Lipinski definition) is 2. The Morgan fingerprint density at radius 1 is 0.758 bits per heavy atom. The van der Waals surface area contributed by atoms with E-state index in [1.54, 1.807) is 0 Å². The zero-order valence-corrected chi connectivity index (χ0v) is 19.6. The topological polar surface area (TPSA) is 95.8 Å². The molecule has 0 spiro atoms. The Bertz CT molecular complexity index is 703. The summed E-state index contributed by atoms with van der Waals surface area (Å²) >= 11 is 0. The lowest BCUT2D eigenvalue weighted by Crippen LogP contribution is -2.48. The van der Waals surface area contributed by atoms with Crippen molar-refractivity contribution >= 4 is 0 Å². The molecule has 8 heteroatoms. The van der Waals surface area contributed by atoms with Gasteiger partial charge in [-0.25, -0.2) is 0 Å². The summed E-state index contributed by atoms with van der Waals surface area (Å²) < 4.78 is 36.2. The van der Waals surface area contributed by atoms with Crippen LogP contribution in [0.5, 0.6) is 0 Å². The molecule has 4 rings (SSSR count). The fraction of sp³-hybridized carbons (Fsp3) is 0.760. The van der Waals surface area contributed by atoms with Crippen LogP contribution in [0.3, 0.4) is 0 Å². The lowest BCUT2D eigenvalue weighted by atomic mass is 10.0. The van der Waals surface area contributed by atoms with Crippen molar-refractivity contribution in [1.29, 1.82) is 0 Å². The lowest BCUT2D eigenvalue weighted by Gasteiger charge is -2.40. The van der Waals surface area contributed by atoms with E-state index < -0.39 is 12.2 Å². The zero-order chi connectivity index (χ0) is 23.2. The van der Waals surface area contributed by atoms with Gasteiger partial charge in [-0.2, -0.15) is 0 Å². The average Bonchev–Trinajstić information content (AvgIpc) is 2.82. The van der Waals surface area contributed by atoms with Crippen LogP contribution in [0.4, 0.5) is 0 Å². The summed E-state index contributed by atoms with van der Waals surface area (Å²) in [5, 5.41) is 19.8. The summed E-state index contributed by atoms with van der Waals surface area (Å²) in [5.41, 5.74) is 1.10. The first-order chi connectivity index (χ1) is 16.0. The minimum atomic E-state index is -0.455. The average molecular weight is 467 g/mol. The van der Waals surface area contributed by atoms with Crippen LogP contribution in [0.1, 0.15) is 57.9 Å². The quantitative estimate of drug-likeness (QED) is 0.604. The van der Waals surface area contributed by atoms with E-state index in [0.29, 0.717) is 45.3 Å². The molecule has 3 fully saturated rings. The first-order valence-electron chi connectivity index (χ1n) is 12.2. The van der Waals surface area contributed by atoms with Crippen molar-refractivity contribution in [1.82, 2.24) is 0 Å². The number of hydrogen-bond acceptors (Lipinski definition) is 8. The Morgan fingerprint density at radius 3 is 2.06 bits per heavy atom. The number of rotatable bonds is 8.